The number of aryl methyl sites for hydroxylation is 1. The number of ether oxygens (including phenoxy) is 1. The first-order valence-electron chi connectivity index (χ1n) is 13.1. The molecule has 5 N–H and O–H groups in total. The summed E-state index contributed by atoms with van der Waals surface area (Å²) in [6.07, 6.45) is 1.61. The summed E-state index contributed by atoms with van der Waals surface area (Å²) < 4.78 is 22.1. The lowest BCUT2D eigenvalue weighted by Gasteiger charge is -2.14. The van der Waals surface area contributed by atoms with E-state index in [1.807, 2.05) is 52.0 Å². The molecule has 0 bridgehead atoms. The summed E-state index contributed by atoms with van der Waals surface area (Å²) in [5.41, 5.74) is 8.38. The molecule has 0 aliphatic carbocycles. The van der Waals surface area contributed by atoms with Gasteiger partial charge in [-0.05, 0) is 49.7 Å². The van der Waals surface area contributed by atoms with Gasteiger partial charge in [0.15, 0.2) is 0 Å². The molecule has 1 atom stereocenters. The standard InChI is InChI=1S/C30H34FN7O3/c1-18-14-23(12-13-33-18)41-22-10-11-25(24(31)15-22)35-29(40)36-27-16-26(30(3,4)5)37-38(27)21-8-6-20(7-9-21)17-34-28(39)19(2)32/h6-16,19H,17,32H2,1-5H3,(H,34,39)(H2,35,36,40)/t19-/m1/s1. The first kappa shape index (κ1) is 29.2. The molecule has 2 heterocycles. The Morgan fingerprint density at radius 2 is 1.73 bits per heavy atom. The zero-order valence-corrected chi connectivity index (χ0v) is 23.7. The lowest BCUT2D eigenvalue weighted by Crippen LogP contribution is -2.37. The molecule has 0 aliphatic rings. The Hall–Kier alpha value is -4.77. The van der Waals surface area contributed by atoms with Crippen LogP contribution in [-0.4, -0.2) is 32.7 Å². The van der Waals surface area contributed by atoms with E-state index in [1.165, 1.54) is 12.1 Å². The number of amides is 3. The number of halogens is 1. The van der Waals surface area contributed by atoms with Gasteiger partial charge in [0.1, 0.15) is 23.1 Å². The van der Waals surface area contributed by atoms with Gasteiger partial charge < -0.3 is 21.1 Å². The minimum Gasteiger partial charge on any atom is -0.457 e. The smallest absolute Gasteiger partial charge is 0.324 e. The number of aromatic nitrogens is 3. The Bertz CT molecular complexity index is 1540. The van der Waals surface area contributed by atoms with E-state index in [9.17, 15) is 14.0 Å². The molecule has 11 heteroatoms. The van der Waals surface area contributed by atoms with Gasteiger partial charge in [0.2, 0.25) is 5.91 Å². The molecule has 0 radical (unpaired) electrons. The van der Waals surface area contributed by atoms with Crippen LogP contribution in [0.1, 0.15) is 44.6 Å². The first-order chi connectivity index (χ1) is 19.4. The molecule has 0 saturated carbocycles. The molecule has 41 heavy (non-hydrogen) atoms. The Morgan fingerprint density at radius 3 is 2.37 bits per heavy atom. The summed E-state index contributed by atoms with van der Waals surface area (Å²) in [4.78, 5) is 28.8. The average Bonchev–Trinajstić information content (AvgIpc) is 3.33. The summed E-state index contributed by atoms with van der Waals surface area (Å²) in [5.74, 6) is 0.322. The predicted molar refractivity (Wildman–Crippen MR) is 156 cm³/mol. The second kappa shape index (κ2) is 12.2. The van der Waals surface area contributed by atoms with E-state index >= 15 is 0 Å². The number of carbonyl (C=O) groups is 2. The number of pyridine rings is 1. The monoisotopic (exact) mass is 559 g/mol. The average molecular weight is 560 g/mol. The van der Waals surface area contributed by atoms with E-state index < -0.39 is 17.9 Å². The van der Waals surface area contributed by atoms with Crippen LogP contribution in [0.5, 0.6) is 11.5 Å². The number of hydrogen-bond donors (Lipinski definition) is 4. The van der Waals surface area contributed by atoms with Crippen molar-refractivity contribution in [1.29, 1.82) is 0 Å². The van der Waals surface area contributed by atoms with Gasteiger partial charge in [-0.2, -0.15) is 5.10 Å². The highest BCUT2D eigenvalue weighted by Gasteiger charge is 2.22. The highest BCUT2D eigenvalue weighted by Crippen LogP contribution is 2.28. The molecule has 0 spiro atoms. The molecule has 0 aliphatic heterocycles. The summed E-state index contributed by atoms with van der Waals surface area (Å²) >= 11 is 0. The minimum absolute atomic E-state index is 0.0129. The van der Waals surface area contributed by atoms with Crippen LogP contribution in [0.25, 0.3) is 5.69 Å². The SMILES string of the molecule is Cc1cc(Oc2ccc(NC(=O)Nc3cc(C(C)(C)C)nn3-c3ccc(CNC(=O)[C@@H](C)N)cc3)c(F)c2)ccn1. The third kappa shape index (κ3) is 7.67. The molecule has 4 aromatic rings. The Balaban J connectivity index is 1.49. The number of nitrogens with one attached hydrogen (secondary N) is 3. The van der Waals surface area contributed by atoms with Crippen molar-refractivity contribution in [2.24, 2.45) is 5.73 Å². The summed E-state index contributed by atoms with van der Waals surface area (Å²) in [5, 5.41) is 12.8. The van der Waals surface area contributed by atoms with Crippen molar-refractivity contribution < 1.29 is 18.7 Å². The molecule has 4 rings (SSSR count). The Morgan fingerprint density at radius 1 is 1.02 bits per heavy atom. The van der Waals surface area contributed by atoms with Crippen LogP contribution in [0.4, 0.5) is 20.7 Å². The van der Waals surface area contributed by atoms with Crippen molar-refractivity contribution in [3.63, 3.8) is 0 Å². The van der Waals surface area contributed by atoms with Crippen LogP contribution in [-0.2, 0) is 16.8 Å². The fraction of sp³-hybridized carbons (Fsp3) is 0.267. The van der Waals surface area contributed by atoms with Crippen molar-refractivity contribution >= 4 is 23.4 Å². The molecule has 0 saturated heterocycles. The van der Waals surface area contributed by atoms with Gasteiger partial charge in [0, 0.05) is 42.0 Å². The third-order valence-electron chi connectivity index (χ3n) is 6.07. The maximum atomic E-state index is 14.8. The molecule has 214 valence electrons. The van der Waals surface area contributed by atoms with Gasteiger partial charge in [-0.1, -0.05) is 32.9 Å². The molecule has 0 unspecified atom stereocenters. The second-order valence-electron chi connectivity index (χ2n) is 10.7. The van der Waals surface area contributed by atoms with Gasteiger partial charge in [0.05, 0.1) is 23.1 Å². The quantitative estimate of drug-likeness (QED) is 0.228. The number of carbonyl (C=O) groups excluding carboxylic acids is 2. The van der Waals surface area contributed by atoms with Crippen LogP contribution >= 0.6 is 0 Å². The van der Waals surface area contributed by atoms with Gasteiger partial charge in [-0.15, -0.1) is 0 Å². The van der Waals surface area contributed by atoms with E-state index in [2.05, 4.69) is 20.9 Å². The summed E-state index contributed by atoms with van der Waals surface area (Å²) in [7, 11) is 0. The highest BCUT2D eigenvalue weighted by molar-refractivity contribution is 5.99. The van der Waals surface area contributed by atoms with Crippen molar-refractivity contribution in [2.45, 2.75) is 52.6 Å². The third-order valence-corrected chi connectivity index (χ3v) is 6.07. The molecule has 2 aromatic carbocycles. The van der Waals surface area contributed by atoms with Crippen molar-refractivity contribution in [1.82, 2.24) is 20.1 Å². The van der Waals surface area contributed by atoms with Crippen molar-refractivity contribution in [2.75, 3.05) is 10.6 Å². The van der Waals surface area contributed by atoms with Crippen LogP contribution in [0.2, 0.25) is 0 Å². The zero-order valence-electron chi connectivity index (χ0n) is 23.7. The molecular weight excluding hydrogens is 525 g/mol. The predicted octanol–water partition coefficient (Wildman–Crippen LogP) is 5.41. The first-order valence-corrected chi connectivity index (χ1v) is 13.1. The molecule has 2 aromatic heterocycles. The lowest BCUT2D eigenvalue weighted by molar-refractivity contribution is -0.122. The molecule has 10 nitrogen and oxygen atoms in total. The van der Waals surface area contributed by atoms with Crippen molar-refractivity contribution in [3.05, 3.63) is 89.6 Å². The number of urea groups is 1. The van der Waals surface area contributed by atoms with Crippen LogP contribution < -0.4 is 26.4 Å². The molecule has 0 fully saturated rings. The van der Waals surface area contributed by atoms with Gasteiger partial charge in [-0.3, -0.25) is 15.1 Å². The summed E-state index contributed by atoms with van der Waals surface area (Å²) in [6, 6.07) is 15.5. The summed E-state index contributed by atoms with van der Waals surface area (Å²) in [6.45, 7) is 9.82. The van der Waals surface area contributed by atoms with Gasteiger partial charge >= 0.3 is 6.03 Å². The molecule has 3 amide bonds. The van der Waals surface area contributed by atoms with E-state index in [1.54, 1.807) is 42.1 Å². The number of nitrogens with zero attached hydrogens (tertiary/aromatic N) is 3. The van der Waals surface area contributed by atoms with E-state index in [-0.39, 0.29) is 22.8 Å². The number of anilines is 2. The lowest BCUT2D eigenvalue weighted by atomic mass is 9.92. The fourth-order valence-electron chi connectivity index (χ4n) is 3.79. The van der Waals surface area contributed by atoms with Gasteiger partial charge in [0.25, 0.3) is 0 Å². The fourth-order valence-corrected chi connectivity index (χ4v) is 3.79. The van der Waals surface area contributed by atoms with Crippen LogP contribution in [0.3, 0.4) is 0 Å². The number of rotatable bonds is 8. The highest BCUT2D eigenvalue weighted by atomic mass is 19.1. The minimum atomic E-state index is -0.654. The molecular formula is C30H34FN7O3. The Kier molecular flexibility index (Phi) is 8.68. The largest absolute Gasteiger partial charge is 0.457 e. The normalized spacial score (nSPS) is 12.0. The Labute approximate surface area is 238 Å². The second-order valence-corrected chi connectivity index (χ2v) is 10.7. The van der Waals surface area contributed by atoms with Crippen molar-refractivity contribution in [3.8, 4) is 17.2 Å². The van der Waals surface area contributed by atoms with E-state index in [4.69, 9.17) is 15.6 Å². The maximum Gasteiger partial charge on any atom is 0.324 e. The number of nitrogens with two attached hydrogens (primary N) is 1. The van der Waals surface area contributed by atoms with Crippen LogP contribution in [0, 0.1) is 12.7 Å². The number of benzene rings is 2. The van der Waals surface area contributed by atoms with E-state index in [0.717, 1.165) is 17.0 Å². The zero-order chi connectivity index (χ0) is 29.7. The van der Waals surface area contributed by atoms with E-state index in [0.29, 0.717) is 23.8 Å². The van der Waals surface area contributed by atoms with Gasteiger partial charge in [-0.25, -0.2) is 13.9 Å². The number of hydrogen-bond acceptors (Lipinski definition) is 6. The topological polar surface area (TPSA) is 136 Å². The van der Waals surface area contributed by atoms with Crippen LogP contribution in [0.15, 0.2) is 66.9 Å². The maximum absolute atomic E-state index is 14.8.